The van der Waals surface area contributed by atoms with Gasteiger partial charge in [0.2, 0.25) is 10.0 Å². The van der Waals surface area contributed by atoms with E-state index in [2.05, 4.69) is 14.4 Å². The van der Waals surface area contributed by atoms with Crippen LogP contribution in [0.5, 0.6) is 5.75 Å². The quantitative estimate of drug-likeness (QED) is 0.629. The maximum Gasteiger partial charge on any atom is 0.573 e. The zero-order valence-corrected chi connectivity index (χ0v) is 15.3. The highest BCUT2D eigenvalue weighted by atomic mass is 35.5. The number of benzene rings is 2. The second-order valence-corrected chi connectivity index (χ2v) is 7.87. The van der Waals surface area contributed by atoms with Gasteiger partial charge >= 0.3 is 6.36 Å². The lowest BCUT2D eigenvalue weighted by atomic mass is 10.1. The molecule has 2 aromatic carbocycles. The second-order valence-electron chi connectivity index (χ2n) is 5.67. The average molecular weight is 419 g/mol. The van der Waals surface area contributed by atoms with Gasteiger partial charge in [0.15, 0.2) is 0 Å². The van der Waals surface area contributed by atoms with Crippen LogP contribution in [0.15, 0.2) is 53.6 Å². The van der Waals surface area contributed by atoms with Gasteiger partial charge in [-0.25, -0.2) is 13.1 Å². The molecule has 3 rings (SSSR count). The van der Waals surface area contributed by atoms with Gasteiger partial charge in [-0.1, -0.05) is 11.6 Å². The van der Waals surface area contributed by atoms with Gasteiger partial charge < -0.3 is 9.72 Å². The molecular weight excluding hydrogens is 405 g/mol. The number of aromatic amines is 1. The predicted molar refractivity (Wildman–Crippen MR) is 95.3 cm³/mol. The minimum absolute atomic E-state index is 0.114. The Labute approximate surface area is 158 Å². The van der Waals surface area contributed by atoms with E-state index in [0.29, 0.717) is 11.4 Å². The van der Waals surface area contributed by atoms with Gasteiger partial charge in [-0.2, -0.15) is 0 Å². The first-order valence-electron chi connectivity index (χ1n) is 7.75. The number of rotatable bonds is 6. The van der Waals surface area contributed by atoms with Gasteiger partial charge in [-0.05, 0) is 54.4 Å². The first-order valence-corrected chi connectivity index (χ1v) is 9.61. The fraction of sp³-hybridized carbons (Fsp3) is 0.176. The lowest BCUT2D eigenvalue weighted by molar-refractivity contribution is -0.274. The Kier molecular flexibility index (Phi) is 5.36. The fourth-order valence-electron chi connectivity index (χ4n) is 2.58. The van der Waals surface area contributed by atoms with Crippen LogP contribution in [0.1, 0.15) is 5.56 Å². The van der Waals surface area contributed by atoms with Gasteiger partial charge in [-0.15, -0.1) is 13.2 Å². The minimum Gasteiger partial charge on any atom is -0.406 e. The van der Waals surface area contributed by atoms with Crippen LogP contribution in [-0.4, -0.2) is 26.3 Å². The Morgan fingerprint density at radius 3 is 2.48 bits per heavy atom. The topological polar surface area (TPSA) is 71.2 Å². The molecule has 0 atom stereocenters. The molecule has 0 radical (unpaired) electrons. The van der Waals surface area contributed by atoms with Crippen molar-refractivity contribution in [3.05, 3.63) is 59.2 Å². The van der Waals surface area contributed by atoms with Crippen LogP contribution in [0, 0.1) is 0 Å². The van der Waals surface area contributed by atoms with E-state index in [-0.39, 0.29) is 11.4 Å². The molecule has 0 saturated heterocycles. The number of H-pyrrole nitrogens is 1. The summed E-state index contributed by atoms with van der Waals surface area (Å²) in [7, 11) is -3.86. The lowest BCUT2D eigenvalue weighted by Gasteiger charge is -2.10. The van der Waals surface area contributed by atoms with Crippen molar-refractivity contribution in [2.75, 3.05) is 6.54 Å². The first-order chi connectivity index (χ1) is 12.6. The summed E-state index contributed by atoms with van der Waals surface area (Å²) in [4.78, 5) is 2.92. The highest BCUT2D eigenvalue weighted by Crippen LogP contribution is 2.24. The summed E-state index contributed by atoms with van der Waals surface area (Å²) in [5, 5.41) is 1.47. The monoisotopic (exact) mass is 418 g/mol. The number of sulfonamides is 1. The number of aromatic nitrogens is 1. The maximum atomic E-state index is 12.3. The molecule has 0 aliphatic rings. The van der Waals surface area contributed by atoms with Crippen LogP contribution in [-0.2, 0) is 16.4 Å². The van der Waals surface area contributed by atoms with E-state index in [4.69, 9.17) is 11.6 Å². The number of ether oxygens (including phenoxy) is 1. The third kappa shape index (κ3) is 4.94. The zero-order valence-electron chi connectivity index (χ0n) is 13.7. The summed E-state index contributed by atoms with van der Waals surface area (Å²) in [6.07, 6.45) is -2.64. The van der Waals surface area contributed by atoms with Crippen molar-refractivity contribution in [1.82, 2.24) is 9.71 Å². The van der Waals surface area contributed by atoms with Crippen LogP contribution in [0.2, 0.25) is 5.02 Å². The highest BCUT2D eigenvalue weighted by molar-refractivity contribution is 7.89. The Morgan fingerprint density at radius 1 is 1.11 bits per heavy atom. The molecule has 0 saturated carbocycles. The SMILES string of the molecule is O=S(=O)(NCCc1c[nH]c2ccc(Cl)cc12)c1ccc(OC(F)(F)F)cc1. The Balaban J connectivity index is 1.65. The minimum atomic E-state index is -4.83. The molecule has 1 aromatic heterocycles. The Hall–Kier alpha value is -2.23. The Morgan fingerprint density at radius 2 is 1.81 bits per heavy atom. The first kappa shape index (κ1) is 19.5. The summed E-state index contributed by atoms with van der Waals surface area (Å²) in [6.45, 7) is 0.114. The van der Waals surface area contributed by atoms with E-state index in [1.54, 1.807) is 18.3 Å². The molecule has 0 fully saturated rings. The summed E-state index contributed by atoms with van der Waals surface area (Å²) >= 11 is 5.98. The smallest absolute Gasteiger partial charge is 0.406 e. The summed E-state index contributed by atoms with van der Waals surface area (Å²) in [6, 6.07) is 9.36. The molecule has 144 valence electrons. The van der Waals surface area contributed by atoms with Gasteiger partial charge in [0.1, 0.15) is 5.75 Å². The molecule has 10 heteroatoms. The van der Waals surface area contributed by atoms with E-state index >= 15 is 0 Å². The Bertz CT molecular complexity index is 1050. The van der Waals surface area contributed by atoms with Crippen LogP contribution in [0.25, 0.3) is 10.9 Å². The average Bonchev–Trinajstić information content (AvgIpc) is 2.96. The van der Waals surface area contributed by atoms with Crippen molar-refractivity contribution in [3.8, 4) is 5.75 Å². The molecule has 0 bridgehead atoms. The maximum absolute atomic E-state index is 12.3. The van der Waals surface area contributed by atoms with E-state index in [1.807, 2.05) is 6.07 Å². The van der Waals surface area contributed by atoms with Gasteiger partial charge in [-0.3, -0.25) is 0 Å². The molecule has 0 unspecified atom stereocenters. The summed E-state index contributed by atoms with van der Waals surface area (Å²) < 4.78 is 67.1. The number of halogens is 4. The van der Waals surface area contributed by atoms with Crippen LogP contribution in [0.4, 0.5) is 13.2 Å². The zero-order chi connectivity index (χ0) is 19.7. The van der Waals surface area contributed by atoms with Gasteiger partial charge in [0, 0.05) is 28.7 Å². The van der Waals surface area contributed by atoms with Gasteiger partial charge in [0.05, 0.1) is 4.90 Å². The molecule has 0 aliphatic heterocycles. The lowest BCUT2D eigenvalue weighted by Crippen LogP contribution is -2.26. The van der Waals surface area contributed by atoms with E-state index in [9.17, 15) is 21.6 Å². The molecule has 5 nitrogen and oxygen atoms in total. The van der Waals surface area contributed by atoms with Crippen molar-refractivity contribution in [2.45, 2.75) is 17.7 Å². The normalized spacial score (nSPS) is 12.4. The molecule has 1 heterocycles. The number of hydrogen-bond acceptors (Lipinski definition) is 3. The molecule has 27 heavy (non-hydrogen) atoms. The molecule has 0 aliphatic carbocycles. The number of nitrogens with one attached hydrogen (secondary N) is 2. The van der Waals surface area contributed by atoms with E-state index in [1.165, 1.54) is 0 Å². The molecule has 0 amide bonds. The van der Waals surface area contributed by atoms with Crippen LogP contribution < -0.4 is 9.46 Å². The third-order valence-corrected chi connectivity index (χ3v) is 5.50. The number of fused-ring (bicyclic) bond motifs is 1. The largest absolute Gasteiger partial charge is 0.573 e. The highest BCUT2D eigenvalue weighted by Gasteiger charge is 2.31. The molecule has 3 aromatic rings. The molecule has 0 spiro atoms. The predicted octanol–water partition coefficient (Wildman–Crippen LogP) is 4.24. The molecule has 2 N–H and O–H groups in total. The summed E-state index contributed by atoms with van der Waals surface area (Å²) in [5.74, 6) is -0.489. The molecular formula is C17H14ClF3N2O3S. The number of alkyl halides is 3. The third-order valence-electron chi connectivity index (χ3n) is 3.78. The van der Waals surface area contributed by atoms with Crippen molar-refractivity contribution in [2.24, 2.45) is 0 Å². The van der Waals surface area contributed by atoms with Crippen molar-refractivity contribution in [1.29, 1.82) is 0 Å². The van der Waals surface area contributed by atoms with E-state index < -0.39 is 22.1 Å². The van der Waals surface area contributed by atoms with Gasteiger partial charge in [0.25, 0.3) is 0 Å². The second kappa shape index (κ2) is 7.41. The van der Waals surface area contributed by atoms with Crippen LogP contribution in [0.3, 0.4) is 0 Å². The fourth-order valence-corrected chi connectivity index (χ4v) is 3.79. The number of hydrogen-bond donors (Lipinski definition) is 2. The summed E-state index contributed by atoms with van der Waals surface area (Å²) in [5.41, 5.74) is 1.78. The van der Waals surface area contributed by atoms with Crippen molar-refractivity contribution < 1.29 is 26.3 Å². The van der Waals surface area contributed by atoms with E-state index in [0.717, 1.165) is 40.7 Å². The van der Waals surface area contributed by atoms with Crippen molar-refractivity contribution >= 4 is 32.5 Å². The standard InChI is InChI=1S/C17H14ClF3N2O3S/c18-12-1-6-16-15(9-12)11(10-22-16)7-8-23-27(24,25)14-4-2-13(3-5-14)26-17(19,20)21/h1-6,9-10,22-23H,7-8H2. The van der Waals surface area contributed by atoms with Crippen molar-refractivity contribution in [3.63, 3.8) is 0 Å². The van der Waals surface area contributed by atoms with Crippen LogP contribution >= 0.6 is 11.6 Å².